The standard InChI is InChI=1S/C18H16/c1-2-17(18-13-7-4-8-14-18)15-9-12-16-10-5-3-6-11-16/h1,3-14,17H,15H2. The van der Waals surface area contributed by atoms with E-state index in [9.17, 15) is 0 Å². The molecular weight excluding hydrogens is 216 g/mol. The van der Waals surface area contributed by atoms with Crippen LogP contribution in [0.3, 0.4) is 0 Å². The third-order valence-corrected chi connectivity index (χ3v) is 2.88. The van der Waals surface area contributed by atoms with Gasteiger partial charge in [0.05, 0.1) is 0 Å². The summed E-state index contributed by atoms with van der Waals surface area (Å²) in [6, 6.07) is 20.5. The summed E-state index contributed by atoms with van der Waals surface area (Å²) in [6.07, 6.45) is 10.7. The first-order valence-electron chi connectivity index (χ1n) is 6.13. The molecule has 2 aromatic carbocycles. The fraction of sp³-hybridized carbons (Fsp3) is 0.111. The van der Waals surface area contributed by atoms with Crippen LogP contribution in [0.1, 0.15) is 23.5 Å². The van der Waals surface area contributed by atoms with Gasteiger partial charge in [-0.25, -0.2) is 0 Å². The molecule has 0 aliphatic heterocycles. The predicted octanol–water partition coefficient (Wildman–Crippen LogP) is 4.51. The van der Waals surface area contributed by atoms with E-state index in [2.05, 4.69) is 42.3 Å². The molecule has 0 spiro atoms. The Labute approximate surface area is 109 Å². The second kappa shape index (κ2) is 6.47. The van der Waals surface area contributed by atoms with Gasteiger partial charge in [-0.3, -0.25) is 0 Å². The van der Waals surface area contributed by atoms with Crippen molar-refractivity contribution in [3.05, 3.63) is 77.9 Å². The molecule has 2 aromatic rings. The lowest BCUT2D eigenvalue weighted by molar-refractivity contribution is 0.897. The summed E-state index contributed by atoms with van der Waals surface area (Å²) in [5, 5.41) is 0. The molecule has 1 unspecified atom stereocenters. The monoisotopic (exact) mass is 232 g/mol. The number of rotatable bonds is 4. The topological polar surface area (TPSA) is 0 Å². The Balaban J connectivity index is 2.01. The van der Waals surface area contributed by atoms with Crippen molar-refractivity contribution in [2.24, 2.45) is 0 Å². The fourth-order valence-corrected chi connectivity index (χ4v) is 1.89. The Hall–Kier alpha value is -2.26. The molecule has 0 aliphatic rings. The minimum absolute atomic E-state index is 0.158. The van der Waals surface area contributed by atoms with E-state index < -0.39 is 0 Å². The Bertz CT molecular complexity index is 529. The zero-order chi connectivity index (χ0) is 12.6. The quantitative estimate of drug-likeness (QED) is 0.680. The third kappa shape index (κ3) is 3.37. The van der Waals surface area contributed by atoms with Crippen LogP contribution in [-0.2, 0) is 0 Å². The summed E-state index contributed by atoms with van der Waals surface area (Å²) in [7, 11) is 0. The van der Waals surface area contributed by atoms with Crippen molar-refractivity contribution in [3.63, 3.8) is 0 Å². The van der Waals surface area contributed by atoms with E-state index >= 15 is 0 Å². The molecule has 2 rings (SSSR count). The van der Waals surface area contributed by atoms with Crippen LogP contribution in [0.2, 0.25) is 0 Å². The summed E-state index contributed by atoms with van der Waals surface area (Å²) >= 11 is 0. The summed E-state index contributed by atoms with van der Waals surface area (Å²) < 4.78 is 0. The van der Waals surface area contributed by atoms with Crippen LogP contribution in [0.25, 0.3) is 6.08 Å². The van der Waals surface area contributed by atoms with E-state index in [0.717, 1.165) is 6.42 Å². The molecular formula is C18H16. The van der Waals surface area contributed by atoms with Gasteiger partial charge in [-0.15, -0.1) is 6.42 Å². The second-order valence-corrected chi connectivity index (χ2v) is 4.18. The van der Waals surface area contributed by atoms with Crippen LogP contribution in [0.5, 0.6) is 0 Å². The van der Waals surface area contributed by atoms with Gasteiger partial charge in [-0.05, 0) is 17.5 Å². The van der Waals surface area contributed by atoms with Gasteiger partial charge >= 0.3 is 0 Å². The van der Waals surface area contributed by atoms with Crippen LogP contribution >= 0.6 is 0 Å². The molecule has 0 radical (unpaired) electrons. The van der Waals surface area contributed by atoms with Crippen molar-refractivity contribution in [1.82, 2.24) is 0 Å². The molecule has 18 heavy (non-hydrogen) atoms. The van der Waals surface area contributed by atoms with E-state index in [1.54, 1.807) is 0 Å². The molecule has 0 amide bonds. The van der Waals surface area contributed by atoms with Crippen LogP contribution in [0.4, 0.5) is 0 Å². The van der Waals surface area contributed by atoms with Crippen LogP contribution in [0.15, 0.2) is 66.7 Å². The van der Waals surface area contributed by atoms with E-state index in [1.165, 1.54) is 11.1 Å². The van der Waals surface area contributed by atoms with Crippen LogP contribution < -0.4 is 0 Å². The highest BCUT2D eigenvalue weighted by atomic mass is 14.1. The van der Waals surface area contributed by atoms with Crippen LogP contribution in [-0.4, -0.2) is 0 Å². The Morgan fingerprint density at radius 1 is 0.944 bits per heavy atom. The van der Waals surface area contributed by atoms with Crippen LogP contribution in [0, 0.1) is 12.3 Å². The smallest absolute Gasteiger partial charge is 0.0484 e. The molecule has 0 bridgehead atoms. The van der Waals surface area contributed by atoms with E-state index in [1.807, 2.05) is 36.4 Å². The average Bonchev–Trinajstić information content (AvgIpc) is 2.46. The minimum atomic E-state index is 0.158. The molecule has 0 N–H and O–H groups in total. The fourth-order valence-electron chi connectivity index (χ4n) is 1.89. The third-order valence-electron chi connectivity index (χ3n) is 2.88. The maximum Gasteiger partial charge on any atom is 0.0484 e. The predicted molar refractivity (Wildman–Crippen MR) is 78.1 cm³/mol. The van der Waals surface area contributed by atoms with Gasteiger partial charge in [0.25, 0.3) is 0 Å². The lowest BCUT2D eigenvalue weighted by Crippen LogP contribution is -1.93. The highest BCUT2D eigenvalue weighted by Crippen LogP contribution is 2.19. The van der Waals surface area contributed by atoms with Gasteiger partial charge in [0.1, 0.15) is 0 Å². The molecule has 0 heteroatoms. The molecule has 0 aliphatic carbocycles. The summed E-state index contributed by atoms with van der Waals surface area (Å²) in [6.45, 7) is 0. The molecule has 0 nitrogen and oxygen atoms in total. The molecule has 0 saturated heterocycles. The Morgan fingerprint density at radius 2 is 1.56 bits per heavy atom. The average molecular weight is 232 g/mol. The second-order valence-electron chi connectivity index (χ2n) is 4.18. The minimum Gasteiger partial charge on any atom is -0.119 e. The van der Waals surface area contributed by atoms with Crippen molar-refractivity contribution in [2.45, 2.75) is 12.3 Å². The van der Waals surface area contributed by atoms with Crippen molar-refractivity contribution >= 4 is 6.08 Å². The largest absolute Gasteiger partial charge is 0.119 e. The zero-order valence-corrected chi connectivity index (χ0v) is 10.3. The SMILES string of the molecule is C#CC(CC=Cc1ccccc1)c1ccccc1. The van der Waals surface area contributed by atoms with Gasteiger partial charge in [0.15, 0.2) is 0 Å². The number of terminal acetylenes is 1. The van der Waals surface area contributed by atoms with Gasteiger partial charge in [0, 0.05) is 5.92 Å². The van der Waals surface area contributed by atoms with E-state index in [0.29, 0.717) is 0 Å². The summed E-state index contributed by atoms with van der Waals surface area (Å²) in [4.78, 5) is 0. The van der Waals surface area contributed by atoms with E-state index in [4.69, 9.17) is 6.42 Å². The lowest BCUT2D eigenvalue weighted by atomic mass is 9.96. The molecule has 0 aromatic heterocycles. The number of allylic oxidation sites excluding steroid dienone is 1. The van der Waals surface area contributed by atoms with Gasteiger partial charge < -0.3 is 0 Å². The molecule has 0 saturated carbocycles. The van der Waals surface area contributed by atoms with Crippen molar-refractivity contribution in [3.8, 4) is 12.3 Å². The normalized spacial score (nSPS) is 12.2. The highest BCUT2D eigenvalue weighted by Gasteiger charge is 2.04. The first kappa shape index (κ1) is 12.2. The Kier molecular flexibility index (Phi) is 4.39. The van der Waals surface area contributed by atoms with Crippen molar-refractivity contribution in [2.75, 3.05) is 0 Å². The Morgan fingerprint density at radius 3 is 2.17 bits per heavy atom. The van der Waals surface area contributed by atoms with Gasteiger partial charge in [-0.1, -0.05) is 78.7 Å². The lowest BCUT2D eigenvalue weighted by Gasteiger charge is -2.07. The van der Waals surface area contributed by atoms with Crippen molar-refractivity contribution < 1.29 is 0 Å². The first-order valence-corrected chi connectivity index (χ1v) is 6.13. The molecule has 0 heterocycles. The summed E-state index contributed by atoms with van der Waals surface area (Å²) in [5.74, 6) is 3.01. The zero-order valence-electron chi connectivity index (χ0n) is 10.3. The number of benzene rings is 2. The number of hydrogen-bond donors (Lipinski definition) is 0. The van der Waals surface area contributed by atoms with Gasteiger partial charge in [0.2, 0.25) is 0 Å². The van der Waals surface area contributed by atoms with Gasteiger partial charge in [-0.2, -0.15) is 0 Å². The molecule has 88 valence electrons. The molecule has 0 fully saturated rings. The van der Waals surface area contributed by atoms with E-state index in [-0.39, 0.29) is 5.92 Å². The van der Waals surface area contributed by atoms with Crippen molar-refractivity contribution in [1.29, 1.82) is 0 Å². The maximum absolute atomic E-state index is 5.60. The maximum atomic E-state index is 5.60. The summed E-state index contributed by atoms with van der Waals surface area (Å²) in [5.41, 5.74) is 2.42. The number of hydrogen-bond acceptors (Lipinski definition) is 0. The first-order chi connectivity index (χ1) is 8.90. The highest BCUT2D eigenvalue weighted by molar-refractivity contribution is 5.49. The molecule has 1 atom stereocenters.